The number of rotatable bonds is 16. The lowest BCUT2D eigenvalue weighted by Gasteiger charge is -2.42. The molecule has 0 aromatic rings. The zero-order chi connectivity index (χ0) is 57.5. The van der Waals surface area contributed by atoms with Crippen LogP contribution < -0.4 is 11.1 Å². The minimum Gasteiger partial charge on any atom is -0.465 e. The number of ether oxygens (including phenoxy) is 8. The molecule has 4 aliphatic rings. The van der Waals surface area contributed by atoms with Crippen LogP contribution in [0.2, 0.25) is 0 Å². The molecule has 442 valence electrons. The Kier molecular flexibility index (Phi) is 28.9. The van der Waals surface area contributed by atoms with Gasteiger partial charge in [0, 0.05) is 70.6 Å². The predicted octanol–water partition coefficient (Wildman–Crippen LogP) is 5.19. The fraction of sp³-hybridized carbons (Fsp3) is 0.759. The number of carbonyl (C=O) groups excluding carboxylic acids is 5. The van der Waals surface area contributed by atoms with Crippen molar-refractivity contribution in [3.63, 3.8) is 0 Å². The van der Waals surface area contributed by atoms with Gasteiger partial charge in [-0.05, 0) is 120 Å². The summed E-state index contributed by atoms with van der Waals surface area (Å²) in [6.07, 6.45) is 8.86. The van der Waals surface area contributed by atoms with Crippen LogP contribution in [-0.4, -0.2) is 182 Å². The van der Waals surface area contributed by atoms with E-state index in [1.807, 2.05) is 51.2 Å². The number of aliphatic hydroxyl groups excluding tert-OH is 2. The Morgan fingerprint density at radius 1 is 0.846 bits per heavy atom. The van der Waals surface area contributed by atoms with Crippen LogP contribution in [0.3, 0.4) is 0 Å². The SMILES string of the molecule is CCOCCOCCOCCNC(=S)O[C@@H]1CC[C@@H](C[C@@H](N)[C@@H]2CC(=O)[C@H](C)/C=C(\C)[C@@H](O)[C@@H](O)C(=O)[C@H](C)C[C@H](C)/C=C/C=C/C=C(\C)[C@@H](OC)C[C@@H]3CC[C@@H](C)[C@@](O)(O3)C(=O)C(=O)N3CCCC[C@H]3C(=O)O2)C[C@H]1OC. The summed E-state index contributed by atoms with van der Waals surface area (Å²) in [5.41, 5.74) is 8.03. The van der Waals surface area contributed by atoms with E-state index in [4.69, 9.17) is 55.8 Å². The van der Waals surface area contributed by atoms with Gasteiger partial charge in [-0.15, -0.1) is 0 Å². The van der Waals surface area contributed by atoms with Crippen molar-refractivity contribution in [1.29, 1.82) is 0 Å². The minimum absolute atomic E-state index is 0.0312. The van der Waals surface area contributed by atoms with Gasteiger partial charge in [-0.1, -0.05) is 64.2 Å². The van der Waals surface area contributed by atoms with Crippen LogP contribution in [0.15, 0.2) is 47.6 Å². The molecular formula is C58H93N3O16S. The highest BCUT2D eigenvalue weighted by Crippen LogP contribution is 2.37. The number of carbonyl (C=O) groups is 5. The number of thiocarbonyl (C=S) groups is 1. The number of nitrogens with zero attached hydrogens (tertiary/aromatic N) is 1. The topological polar surface area (TPSA) is 261 Å². The van der Waals surface area contributed by atoms with E-state index in [0.29, 0.717) is 104 Å². The first kappa shape index (κ1) is 66.7. The third-order valence-corrected chi connectivity index (χ3v) is 15.9. The zero-order valence-electron chi connectivity index (χ0n) is 47.8. The average Bonchev–Trinajstić information content (AvgIpc) is 3.51. The molecule has 0 aromatic heterocycles. The van der Waals surface area contributed by atoms with Crippen molar-refractivity contribution in [1.82, 2.24) is 10.2 Å². The van der Waals surface area contributed by atoms with E-state index in [1.165, 1.54) is 13.0 Å². The van der Waals surface area contributed by atoms with E-state index in [-0.39, 0.29) is 60.6 Å². The lowest BCUT2D eigenvalue weighted by atomic mass is 9.80. The first-order valence-electron chi connectivity index (χ1n) is 28.2. The molecule has 0 unspecified atom stereocenters. The number of cyclic esters (lactones) is 1. The Morgan fingerprint density at radius 2 is 1.55 bits per heavy atom. The molecule has 78 heavy (non-hydrogen) atoms. The zero-order valence-corrected chi connectivity index (χ0v) is 48.6. The maximum absolute atomic E-state index is 14.5. The molecular weight excluding hydrogens is 1030 g/mol. The molecule has 3 fully saturated rings. The second-order valence-corrected chi connectivity index (χ2v) is 22.2. The van der Waals surface area contributed by atoms with Crippen LogP contribution in [0.5, 0.6) is 0 Å². The van der Waals surface area contributed by atoms with E-state index < -0.39 is 95.4 Å². The summed E-state index contributed by atoms with van der Waals surface area (Å²) in [5, 5.41) is 37.6. The summed E-state index contributed by atoms with van der Waals surface area (Å²) in [7, 11) is 3.15. The van der Waals surface area contributed by atoms with Crippen LogP contribution in [-0.2, 0) is 61.9 Å². The minimum atomic E-state index is -2.48. The van der Waals surface area contributed by atoms with Crippen molar-refractivity contribution >= 4 is 46.6 Å². The molecule has 0 radical (unpaired) electrons. The standard InChI is InChI=1S/C58H93N3O16S/c1-10-72-26-27-74-29-28-73-25-23-60-57(78)76-47-22-20-42(33-50(47)71-9)32-44(59)49-35-46(62)38(4)31-40(6)52(64)53(65)51(63)39(5)30-36(2)16-12-11-13-17-37(3)48(70-8)34-43-21-19-41(7)58(69,77-43)54(66)55(67)61-24-15-14-18-45(61)56(68)75-49/h11-13,16-17,31,36,38-39,41-45,47-50,52-53,64-65,69H,10,14-15,18-30,32-35,59H2,1-9H3,(H,60,78)/b13-11+,16-12+,37-17+,40-31+/t36-,38-,39-,41-,42+,43+,44-,45+,47-,48+,49+,50-,52-,53+,58-/m1/s1. The number of Topliss-reactive ketones (excluding diaryl/α,β-unsaturated/α-hetero) is 3. The van der Waals surface area contributed by atoms with Gasteiger partial charge in [0.15, 0.2) is 5.78 Å². The second-order valence-electron chi connectivity index (χ2n) is 21.8. The summed E-state index contributed by atoms with van der Waals surface area (Å²) >= 11 is 5.50. The number of fused-ring (bicyclic) bond motifs is 3. The molecule has 0 spiro atoms. The number of allylic oxidation sites excluding steroid dienone is 6. The van der Waals surface area contributed by atoms with Gasteiger partial charge in [-0.25, -0.2) is 4.79 Å². The molecule has 6 N–H and O–H groups in total. The van der Waals surface area contributed by atoms with Crippen LogP contribution >= 0.6 is 12.2 Å². The Morgan fingerprint density at radius 3 is 2.24 bits per heavy atom. The van der Waals surface area contributed by atoms with Gasteiger partial charge < -0.3 is 69.2 Å². The second kappa shape index (κ2) is 33.8. The molecule has 1 aliphatic carbocycles. The number of piperidine rings is 1. The Balaban J connectivity index is 1.57. The van der Waals surface area contributed by atoms with Gasteiger partial charge >= 0.3 is 5.97 Å². The van der Waals surface area contributed by atoms with Gasteiger partial charge in [0.2, 0.25) is 5.79 Å². The molecule has 20 heteroatoms. The van der Waals surface area contributed by atoms with Crippen LogP contribution in [0.1, 0.15) is 126 Å². The highest BCUT2D eigenvalue weighted by atomic mass is 32.1. The largest absolute Gasteiger partial charge is 0.465 e. The van der Waals surface area contributed by atoms with Gasteiger partial charge in [0.05, 0.1) is 51.3 Å². The van der Waals surface area contributed by atoms with Crippen molar-refractivity contribution in [3.8, 4) is 0 Å². The van der Waals surface area contributed by atoms with E-state index in [9.17, 15) is 39.3 Å². The third-order valence-electron chi connectivity index (χ3n) is 15.7. The smallest absolute Gasteiger partial charge is 0.329 e. The number of ketones is 3. The number of aliphatic hydroxyl groups is 3. The van der Waals surface area contributed by atoms with E-state index in [1.54, 1.807) is 35.0 Å². The Hall–Kier alpha value is -3.80. The van der Waals surface area contributed by atoms with Gasteiger partial charge in [-0.3, -0.25) is 19.2 Å². The highest BCUT2D eigenvalue weighted by molar-refractivity contribution is 7.80. The maximum Gasteiger partial charge on any atom is 0.329 e. The lowest BCUT2D eigenvalue weighted by Crippen LogP contribution is -2.61. The number of methoxy groups -OCH3 is 2. The number of nitrogens with one attached hydrogen (secondary N) is 1. The summed E-state index contributed by atoms with van der Waals surface area (Å²) in [4.78, 5) is 72.0. The first-order chi connectivity index (χ1) is 37.1. The maximum atomic E-state index is 14.5. The van der Waals surface area contributed by atoms with Crippen LogP contribution in [0, 0.1) is 29.6 Å². The molecule has 2 bridgehead atoms. The summed E-state index contributed by atoms with van der Waals surface area (Å²) in [6, 6.07) is -2.13. The van der Waals surface area contributed by atoms with Gasteiger partial charge in [0.25, 0.3) is 16.9 Å². The van der Waals surface area contributed by atoms with E-state index in [0.717, 1.165) is 10.5 Å². The first-order valence-corrected chi connectivity index (χ1v) is 28.6. The highest BCUT2D eigenvalue weighted by Gasteiger charge is 2.53. The van der Waals surface area contributed by atoms with Gasteiger partial charge in [0.1, 0.15) is 36.2 Å². The van der Waals surface area contributed by atoms with Crippen molar-refractivity contribution < 1.29 is 77.2 Å². The number of amides is 1. The molecule has 1 saturated carbocycles. The van der Waals surface area contributed by atoms with Crippen LogP contribution in [0.25, 0.3) is 0 Å². The molecule has 3 aliphatic heterocycles. The molecule has 2 saturated heterocycles. The predicted molar refractivity (Wildman–Crippen MR) is 297 cm³/mol. The van der Waals surface area contributed by atoms with Crippen molar-refractivity contribution in [2.45, 2.75) is 186 Å². The number of hydrogen-bond donors (Lipinski definition) is 5. The molecule has 1 amide bonds. The Labute approximate surface area is 468 Å². The molecule has 19 nitrogen and oxygen atoms in total. The van der Waals surface area contributed by atoms with Crippen molar-refractivity contribution in [2.24, 2.45) is 35.3 Å². The molecule has 4 rings (SSSR count). The Bertz CT molecular complexity index is 2070. The van der Waals surface area contributed by atoms with Crippen molar-refractivity contribution in [2.75, 3.05) is 67.0 Å². The average molecular weight is 1120 g/mol. The molecule has 0 aromatic carbocycles. The fourth-order valence-electron chi connectivity index (χ4n) is 10.8. The van der Waals surface area contributed by atoms with E-state index in [2.05, 4.69) is 5.32 Å². The summed E-state index contributed by atoms with van der Waals surface area (Å²) in [5.74, 6) is -8.88. The summed E-state index contributed by atoms with van der Waals surface area (Å²) in [6.45, 7) is 15.7. The quantitative estimate of drug-likeness (QED) is 0.0438. The van der Waals surface area contributed by atoms with Crippen molar-refractivity contribution in [3.05, 3.63) is 47.6 Å². The fourth-order valence-corrected chi connectivity index (χ4v) is 11.0. The number of esters is 1. The number of nitrogens with two attached hydrogens (primary N) is 1. The third kappa shape index (κ3) is 20.3. The van der Waals surface area contributed by atoms with Gasteiger partial charge in [-0.2, -0.15) is 0 Å². The normalized spacial score (nSPS) is 35.5. The monoisotopic (exact) mass is 1120 g/mol. The lowest BCUT2D eigenvalue weighted by molar-refractivity contribution is -0.265. The summed E-state index contributed by atoms with van der Waals surface area (Å²) < 4.78 is 46.6. The van der Waals surface area contributed by atoms with E-state index >= 15 is 0 Å². The molecule has 15 atom stereocenters. The van der Waals surface area contributed by atoms with Crippen LogP contribution in [0.4, 0.5) is 0 Å². The molecule has 3 heterocycles. The number of hydrogen-bond acceptors (Lipinski definition) is 18.